The first kappa shape index (κ1) is 18.0. The Kier molecular flexibility index (Phi) is 6.15. The molecule has 3 heterocycles. The molecule has 0 atom stereocenters. The third-order valence-electron chi connectivity index (χ3n) is 4.05. The van der Waals surface area contributed by atoms with Crippen LogP contribution in [0.4, 0.5) is 0 Å². The van der Waals surface area contributed by atoms with Crippen molar-refractivity contribution in [3.8, 4) is 5.82 Å². The van der Waals surface area contributed by atoms with Crippen molar-refractivity contribution in [1.29, 1.82) is 0 Å². The first-order valence-corrected chi connectivity index (χ1v) is 10.1. The van der Waals surface area contributed by atoms with Crippen LogP contribution in [0.1, 0.15) is 19.8 Å². The fraction of sp³-hybridized carbons (Fsp3) is 0.211. The van der Waals surface area contributed by atoms with E-state index in [9.17, 15) is 0 Å². The van der Waals surface area contributed by atoms with Gasteiger partial charge in [0.05, 0.1) is 0 Å². The standard InChI is InChI=1S/C19H18N4.ClH.Pd/c1-2-3-11-22-12-13-23(14-22)17-9-8-16-7-6-15-5-4-10-20-18(15)19(16)21-17;;/h4-10,12-13H,2-3,11H2,1H3;1H;/q;;+2/p-1. The number of benzene rings is 1. The summed E-state index contributed by atoms with van der Waals surface area (Å²) in [6, 6.07) is 12.3. The van der Waals surface area contributed by atoms with Gasteiger partial charge in [-0.15, -0.1) is 4.98 Å². The van der Waals surface area contributed by atoms with E-state index in [-0.39, 0.29) is 0 Å². The Bertz CT molecular complexity index is 983. The summed E-state index contributed by atoms with van der Waals surface area (Å²) in [6.45, 7) is 3.18. The van der Waals surface area contributed by atoms with Crippen molar-refractivity contribution in [2.24, 2.45) is 0 Å². The van der Waals surface area contributed by atoms with Crippen LogP contribution in [0.15, 0.2) is 55.0 Å². The van der Waals surface area contributed by atoms with Crippen molar-refractivity contribution in [2.45, 2.75) is 26.3 Å². The molecule has 0 aliphatic carbocycles. The van der Waals surface area contributed by atoms with E-state index in [4.69, 9.17) is 4.98 Å². The van der Waals surface area contributed by atoms with Crippen molar-refractivity contribution in [2.75, 3.05) is 0 Å². The van der Waals surface area contributed by atoms with E-state index in [1.165, 1.54) is 6.42 Å². The molecule has 0 bridgehead atoms. The van der Waals surface area contributed by atoms with Crippen LogP contribution in [-0.4, -0.2) is 14.5 Å². The molecular formula is C19H18ClN4Pd+. The van der Waals surface area contributed by atoms with Gasteiger partial charge in [0.2, 0.25) is 0 Å². The second kappa shape index (κ2) is 8.53. The molecular weight excluding hydrogens is 426 g/mol. The summed E-state index contributed by atoms with van der Waals surface area (Å²) in [6.07, 6.45) is 11.5. The second-order valence-corrected chi connectivity index (χ2v) is 5.70. The number of pyridine rings is 2. The van der Waals surface area contributed by atoms with Gasteiger partial charge in [0.15, 0.2) is 17.7 Å². The summed E-state index contributed by atoms with van der Waals surface area (Å²) in [5, 5.41) is 2.21. The summed E-state index contributed by atoms with van der Waals surface area (Å²) < 4.78 is 4.02. The Labute approximate surface area is 161 Å². The minimum atomic E-state index is 0.867. The molecule has 4 nitrogen and oxygen atoms in total. The van der Waals surface area contributed by atoms with E-state index in [2.05, 4.69) is 74.8 Å². The van der Waals surface area contributed by atoms with Crippen molar-refractivity contribution >= 4 is 31.3 Å². The van der Waals surface area contributed by atoms with Gasteiger partial charge in [-0.25, -0.2) is 0 Å². The summed E-state index contributed by atoms with van der Waals surface area (Å²) in [7, 11) is 4.49. The molecule has 4 rings (SSSR count). The Morgan fingerprint density at radius 2 is 1.88 bits per heavy atom. The Hall–Kier alpha value is -1.80. The summed E-state index contributed by atoms with van der Waals surface area (Å²) in [5.41, 5.74) is 1.88. The topological polar surface area (TPSA) is 34.6 Å². The SMILES string of the molecule is CCCCn1[c-][n+](-c2ccc3ccc4cccnc4c3n2)cc1.[Cl][Pd+]. The normalized spacial score (nSPS) is 10.7. The predicted octanol–water partition coefficient (Wildman–Crippen LogP) is 4.15. The Morgan fingerprint density at radius 1 is 1.12 bits per heavy atom. The van der Waals surface area contributed by atoms with Gasteiger partial charge in [-0.2, -0.15) is 0 Å². The van der Waals surface area contributed by atoms with E-state index in [0.29, 0.717) is 0 Å². The maximum absolute atomic E-state index is 4.82. The van der Waals surface area contributed by atoms with Gasteiger partial charge in [-0.3, -0.25) is 4.98 Å². The summed E-state index contributed by atoms with van der Waals surface area (Å²) >= 11 is 2.22. The zero-order chi connectivity index (χ0) is 17.6. The molecule has 0 radical (unpaired) electrons. The van der Waals surface area contributed by atoms with Crippen LogP contribution in [0.25, 0.3) is 27.6 Å². The molecule has 0 spiro atoms. The van der Waals surface area contributed by atoms with Crippen molar-refractivity contribution in [1.82, 2.24) is 14.5 Å². The van der Waals surface area contributed by atoms with Crippen LogP contribution in [0.5, 0.6) is 0 Å². The molecule has 0 saturated heterocycles. The summed E-state index contributed by atoms with van der Waals surface area (Å²) in [5.74, 6) is 0.867. The third kappa shape index (κ3) is 3.90. The quantitative estimate of drug-likeness (QED) is 0.205. The van der Waals surface area contributed by atoms with Crippen molar-refractivity contribution in [3.05, 3.63) is 61.3 Å². The van der Waals surface area contributed by atoms with Crippen LogP contribution in [0, 0.1) is 6.33 Å². The van der Waals surface area contributed by atoms with E-state index in [1.54, 1.807) is 0 Å². The zero-order valence-corrected chi connectivity index (χ0v) is 16.1. The number of hydrogen-bond acceptors (Lipinski definition) is 2. The minimum absolute atomic E-state index is 0.867. The number of nitrogens with zero attached hydrogens (tertiary/aromatic N) is 4. The molecule has 0 amide bonds. The molecule has 25 heavy (non-hydrogen) atoms. The Balaban J connectivity index is 0.000000880. The maximum atomic E-state index is 4.82. The summed E-state index contributed by atoms with van der Waals surface area (Å²) in [4.78, 5) is 9.33. The molecule has 0 N–H and O–H groups in total. The zero-order valence-electron chi connectivity index (χ0n) is 13.8. The number of halogens is 1. The number of imidazole rings is 1. The first-order chi connectivity index (χ1) is 12.3. The van der Waals surface area contributed by atoms with E-state index in [1.807, 2.05) is 35.3 Å². The van der Waals surface area contributed by atoms with Gasteiger partial charge in [0, 0.05) is 23.5 Å². The first-order valence-electron chi connectivity index (χ1n) is 8.12. The molecule has 3 aromatic heterocycles. The Morgan fingerprint density at radius 3 is 2.68 bits per heavy atom. The number of aromatic nitrogens is 4. The molecule has 4 aromatic rings. The average molecular weight is 444 g/mol. The fourth-order valence-electron chi connectivity index (χ4n) is 2.78. The number of fused-ring (bicyclic) bond motifs is 3. The van der Waals surface area contributed by atoms with E-state index < -0.39 is 0 Å². The predicted molar refractivity (Wildman–Crippen MR) is 96.2 cm³/mol. The number of rotatable bonds is 4. The average Bonchev–Trinajstić information content (AvgIpc) is 3.16. The van der Waals surface area contributed by atoms with E-state index >= 15 is 0 Å². The molecule has 0 saturated carbocycles. The molecule has 1 aromatic carbocycles. The monoisotopic (exact) mass is 443 g/mol. The van der Waals surface area contributed by atoms with Crippen LogP contribution in [0.2, 0.25) is 0 Å². The van der Waals surface area contributed by atoms with Crippen molar-refractivity contribution < 1.29 is 22.7 Å². The van der Waals surface area contributed by atoms with Gasteiger partial charge in [-0.1, -0.05) is 37.6 Å². The number of aryl methyl sites for hydroxylation is 1. The molecule has 0 aliphatic rings. The third-order valence-corrected chi connectivity index (χ3v) is 4.05. The van der Waals surface area contributed by atoms with Gasteiger partial charge in [0.1, 0.15) is 5.52 Å². The van der Waals surface area contributed by atoms with Gasteiger partial charge >= 0.3 is 27.7 Å². The molecule has 0 aliphatic heterocycles. The van der Waals surface area contributed by atoms with E-state index in [0.717, 1.165) is 40.6 Å². The number of unbranched alkanes of at least 4 members (excludes halogenated alkanes) is 1. The van der Waals surface area contributed by atoms with Crippen LogP contribution in [0.3, 0.4) is 0 Å². The van der Waals surface area contributed by atoms with Crippen LogP contribution < -0.4 is 4.57 Å². The molecule has 6 heteroatoms. The number of hydrogen-bond donors (Lipinski definition) is 0. The van der Waals surface area contributed by atoms with Crippen LogP contribution >= 0.6 is 9.53 Å². The second-order valence-electron chi connectivity index (χ2n) is 5.70. The van der Waals surface area contributed by atoms with Crippen molar-refractivity contribution in [3.63, 3.8) is 0 Å². The molecule has 0 fully saturated rings. The van der Waals surface area contributed by atoms with Gasteiger partial charge < -0.3 is 9.13 Å². The fourth-order valence-corrected chi connectivity index (χ4v) is 2.78. The van der Waals surface area contributed by atoms with Gasteiger partial charge in [0.25, 0.3) is 0 Å². The van der Waals surface area contributed by atoms with Crippen LogP contribution in [-0.2, 0) is 24.7 Å². The molecule has 0 unspecified atom stereocenters. The van der Waals surface area contributed by atoms with Gasteiger partial charge in [-0.05, 0) is 30.9 Å². The molecule has 130 valence electrons.